The minimum absolute atomic E-state index is 0.193. The number of halogens is 4. The highest BCUT2D eigenvalue weighted by molar-refractivity contribution is 6.15. The highest BCUT2D eigenvalue weighted by atomic mass is 19.4. The number of anilines is 3. The number of carbonyl (C=O) groups is 5. The van der Waals surface area contributed by atoms with E-state index in [1.54, 1.807) is 31.2 Å². The topological polar surface area (TPSA) is 137 Å². The van der Waals surface area contributed by atoms with E-state index in [2.05, 4.69) is 16.0 Å². The van der Waals surface area contributed by atoms with E-state index >= 15 is 0 Å². The molecule has 5 amide bonds. The Morgan fingerprint density at radius 3 is 2.25 bits per heavy atom. The number of nitrogens with one attached hydrogen (secondary N) is 3. The summed E-state index contributed by atoms with van der Waals surface area (Å²) in [6.07, 6.45) is -4.74. The zero-order valence-electron chi connectivity index (χ0n) is 25.8. The summed E-state index contributed by atoms with van der Waals surface area (Å²) >= 11 is 0. The lowest BCUT2D eigenvalue weighted by molar-refractivity contribution is -0.187. The molecule has 1 aliphatic carbocycles. The van der Waals surface area contributed by atoms with Crippen LogP contribution in [0.25, 0.3) is 0 Å². The predicted molar refractivity (Wildman–Crippen MR) is 165 cm³/mol. The maximum absolute atomic E-state index is 13.7. The second-order valence-electron chi connectivity index (χ2n) is 11.4. The monoisotopic (exact) mass is 669 g/mol. The molecule has 1 aliphatic heterocycles. The highest BCUT2D eigenvalue weighted by Crippen LogP contribution is 2.43. The van der Waals surface area contributed by atoms with Crippen LogP contribution < -0.4 is 16.0 Å². The predicted octanol–water partition coefficient (Wildman–Crippen LogP) is 4.93. The third-order valence-corrected chi connectivity index (χ3v) is 8.09. The second-order valence-corrected chi connectivity index (χ2v) is 11.4. The number of alkyl halides is 3. The normalized spacial score (nSPS) is 17.7. The Kier molecular flexibility index (Phi) is 9.52. The van der Waals surface area contributed by atoms with Gasteiger partial charge in [0.05, 0.1) is 0 Å². The number of ketones is 1. The summed E-state index contributed by atoms with van der Waals surface area (Å²) < 4.78 is 60.2. The van der Waals surface area contributed by atoms with Crippen LogP contribution in [0.15, 0.2) is 66.7 Å². The van der Waals surface area contributed by atoms with Gasteiger partial charge in [-0.05, 0) is 60.5 Å². The smallest absolute Gasteiger partial charge is 0.332 e. The van der Waals surface area contributed by atoms with E-state index in [0.29, 0.717) is 27.5 Å². The van der Waals surface area contributed by atoms with E-state index in [-0.39, 0.29) is 29.9 Å². The molecule has 48 heavy (non-hydrogen) atoms. The molecule has 1 heterocycles. The number of benzene rings is 3. The minimum Gasteiger partial charge on any atom is -0.332 e. The number of amides is 5. The summed E-state index contributed by atoms with van der Waals surface area (Å²) in [6, 6.07) is 12.7. The van der Waals surface area contributed by atoms with E-state index in [1.807, 2.05) is 0 Å². The third kappa shape index (κ3) is 7.00. The zero-order chi connectivity index (χ0) is 34.8. The van der Waals surface area contributed by atoms with Crippen LogP contribution in [-0.4, -0.2) is 64.8 Å². The molecule has 1 saturated heterocycles. The number of ether oxygens (including phenoxy) is 1. The minimum atomic E-state index is -4.79. The van der Waals surface area contributed by atoms with E-state index in [9.17, 15) is 41.5 Å². The fourth-order valence-electron chi connectivity index (χ4n) is 5.51. The molecule has 1 unspecified atom stereocenters. The van der Waals surface area contributed by atoms with Crippen molar-refractivity contribution in [1.82, 2.24) is 9.80 Å². The van der Waals surface area contributed by atoms with Gasteiger partial charge in [0.1, 0.15) is 25.1 Å². The van der Waals surface area contributed by atoms with Gasteiger partial charge in [0, 0.05) is 42.0 Å². The molecule has 1 fully saturated rings. The van der Waals surface area contributed by atoms with Crippen molar-refractivity contribution < 1.29 is 46.3 Å². The molecule has 2 aliphatic rings. The maximum Gasteiger partial charge on any atom is 0.408 e. The summed E-state index contributed by atoms with van der Waals surface area (Å²) in [4.78, 5) is 65.9. The van der Waals surface area contributed by atoms with Crippen LogP contribution in [0.1, 0.15) is 37.0 Å². The van der Waals surface area contributed by atoms with Gasteiger partial charge >= 0.3 is 12.2 Å². The number of Topliss-reactive ketones (excluding diaryl/α,β-unsaturated/α-hetero) is 1. The molecule has 15 heteroatoms. The Labute approximate surface area is 272 Å². The van der Waals surface area contributed by atoms with Crippen molar-refractivity contribution in [3.8, 4) is 0 Å². The molecule has 1 spiro atoms. The summed E-state index contributed by atoms with van der Waals surface area (Å²) in [5.74, 6) is -3.36. The summed E-state index contributed by atoms with van der Waals surface area (Å²) in [7, 11) is 0. The first-order chi connectivity index (χ1) is 22.7. The molecule has 2 atom stereocenters. The van der Waals surface area contributed by atoms with Gasteiger partial charge in [0.2, 0.25) is 17.4 Å². The lowest BCUT2D eigenvalue weighted by Crippen LogP contribution is -2.51. The van der Waals surface area contributed by atoms with Crippen LogP contribution in [0.3, 0.4) is 0 Å². The maximum atomic E-state index is 13.7. The highest BCUT2D eigenvalue weighted by Gasteiger charge is 2.59. The Morgan fingerprint density at radius 2 is 1.60 bits per heavy atom. The quantitative estimate of drug-likeness (QED) is 0.218. The van der Waals surface area contributed by atoms with Gasteiger partial charge in [-0.3, -0.25) is 19.2 Å². The van der Waals surface area contributed by atoms with Crippen molar-refractivity contribution in [1.29, 1.82) is 0 Å². The van der Waals surface area contributed by atoms with Crippen molar-refractivity contribution in [3.05, 3.63) is 89.2 Å². The first kappa shape index (κ1) is 34.0. The van der Waals surface area contributed by atoms with Crippen molar-refractivity contribution in [2.75, 3.05) is 29.2 Å². The lowest BCUT2D eigenvalue weighted by Gasteiger charge is -2.32. The average molecular weight is 670 g/mol. The molecular formula is C33H31F4N5O6. The first-order valence-corrected chi connectivity index (χ1v) is 14.9. The van der Waals surface area contributed by atoms with Crippen LogP contribution in [0.4, 0.5) is 39.4 Å². The van der Waals surface area contributed by atoms with Gasteiger partial charge in [0.15, 0.2) is 5.78 Å². The van der Waals surface area contributed by atoms with Crippen molar-refractivity contribution in [2.24, 2.45) is 0 Å². The van der Waals surface area contributed by atoms with Crippen LogP contribution in [0.2, 0.25) is 0 Å². The molecule has 11 nitrogen and oxygen atoms in total. The van der Waals surface area contributed by atoms with E-state index in [0.717, 1.165) is 24.0 Å². The molecule has 3 aromatic carbocycles. The molecule has 252 valence electrons. The number of nitrogens with zero attached hydrogens (tertiary/aromatic N) is 2. The van der Waals surface area contributed by atoms with Crippen LogP contribution in [-0.2, 0) is 42.5 Å². The van der Waals surface area contributed by atoms with E-state index in [4.69, 9.17) is 4.74 Å². The van der Waals surface area contributed by atoms with Crippen LogP contribution >= 0.6 is 0 Å². The van der Waals surface area contributed by atoms with Gasteiger partial charge in [-0.1, -0.05) is 31.2 Å². The Bertz CT molecular complexity index is 1770. The van der Waals surface area contributed by atoms with Crippen LogP contribution in [0.5, 0.6) is 0 Å². The van der Waals surface area contributed by atoms with Gasteiger partial charge in [-0.2, -0.15) is 13.2 Å². The Morgan fingerprint density at radius 1 is 0.958 bits per heavy atom. The van der Waals surface area contributed by atoms with E-state index in [1.165, 1.54) is 30.3 Å². The standard InChI is InChI=1S/C33H31F4N5O6/c1-3-28(44)38-23-5-4-6-24(15-23)39-31(47)40-25-11-12-26-21(13-25)14-27(43)32(26)30(46)41(18-48-32)17-29(45)42(19(2)33(35,36)37)16-20-7-9-22(34)10-8-20/h4-13,15,19H,3,14,16-18H2,1-2H3,(H,38,44)(H2,39,40,47)/t19?,32-/m1/s1. The molecule has 0 aromatic heterocycles. The van der Waals surface area contributed by atoms with Crippen molar-refractivity contribution in [2.45, 2.75) is 51.1 Å². The number of fused-ring (bicyclic) bond motifs is 2. The molecule has 0 radical (unpaired) electrons. The average Bonchev–Trinajstić information content (AvgIpc) is 3.50. The molecule has 5 rings (SSSR count). The number of hydrogen-bond donors (Lipinski definition) is 3. The van der Waals surface area contributed by atoms with Gasteiger partial charge in [0.25, 0.3) is 5.91 Å². The Hall–Kier alpha value is -5.31. The van der Waals surface area contributed by atoms with Crippen molar-refractivity contribution >= 4 is 46.6 Å². The molecule has 3 N–H and O–H groups in total. The SMILES string of the molecule is CCC(=O)Nc1cccc(NC(=O)Nc2ccc3c(c2)CC(=O)[C@]32OCN(CC(=O)N(Cc3ccc(F)cc3)C(C)C(F)(F)F)C2=O)c1. The summed E-state index contributed by atoms with van der Waals surface area (Å²) in [6.45, 7) is 0.685. The van der Waals surface area contributed by atoms with E-state index < -0.39 is 67.1 Å². The fraction of sp³-hybridized carbons (Fsp3) is 0.303. The molecular weight excluding hydrogens is 638 g/mol. The van der Waals surface area contributed by atoms with Crippen LogP contribution in [0, 0.1) is 5.82 Å². The third-order valence-electron chi connectivity index (χ3n) is 8.09. The number of urea groups is 1. The molecule has 0 saturated carbocycles. The van der Waals surface area contributed by atoms with Crippen molar-refractivity contribution in [3.63, 3.8) is 0 Å². The second kappa shape index (κ2) is 13.4. The van der Waals surface area contributed by atoms with Gasteiger partial charge < -0.3 is 30.5 Å². The molecule has 3 aromatic rings. The number of hydrogen-bond acceptors (Lipinski definition) is 6. The van der Waals surface area contributed by atoms with Gasteiger partial charge in [-0.25, -0.2) is 9.18 Å². The lowest BCUT2D eigenvalue weighted by atomic mass is 9.94. The fourth-order valence-corrected chi connectivity index (χ4v) is 5.51. The first-order valence-electron chi connectivity index (χ1n) is 14.9. The van der Waals surface area contributed by atoms with Gasteiger partial charge in [-0.15, -0.1) is 0 Å². The molecule has 0 bridgehead atoms. The summed E-state index contributed by atoms with van der Waals surface area (Å²) in [5.41, 5.74) is -0.0747. The number of carbonyl (C=O) groups excluding carboxylic acids is 5. The summed E-state index contributed by atoms with van der Waals surface area (Å²) in [5, 5.41) is 7.98. The number of rotatable bonds is 9. The largest absolute Gasteiger partial charge is 0.408 e. The zero-order valence-corrected chi connectivity index (χ0v) is 25.8. The Balaban J connectivity index is 1.28.